The minimum Gasteiger partial charge on any atom is -0.479 e. The Bertz CT molecular complexity index is 1250. The van der Waals surface area contributed by atoms with Gasteiger partial charge in [0.05, 0.1) is 10.0 Å². The third-order valence-electron chi connectivity index (χ3n) is 4.90. The molecule has 0 aliphatic rings. The molecule has 6 nitrogen and oxygen atoms in total. The van der Waals surface area contributed by atoms with Crippen LogP contribution in [0.2, 0.25) is 20.1 Å². The van der Waals surface area contributed by atoms with Crippen molar-refractivity contribution < 1.29 is 19.1 Å². The lowest BCUT2D eigenvalue weighted by Gasteiger charge is -2.18. The van der Waals surface area contributed by atoms with E-state index in [2.05, 4.69) is 10.6 Å². The number of benzene rings is 3. The van der Waals surface area contributed by atoms with Crippen LogP contribution >= 0.6 is 46.4 Å². The van der Waals surface area contributed by atoms with Gasteiger partial charge in [-0.2, -0.15) is 0 Å². The van der Waals surface area contributed by atoms with E-state index < -0.39 is 24.0 Å². The van der Waals surface area contributed by atoms with Crippen molar-refractivity contribution in [3.8, 4) is 11.5 Å². The molecular weight excluding hydrogens is 534 g/mol. The third kappa shape index (κ3) is 7.42. The van der Waals surface area contributed by atoms with Gasteiger partial charge in [0, 0.05) is 21.4 Å². The molecule has 0 bridgehead atoms. The summed E-state index contributed by atoms with van der Waals surface area (Å²) in [6, 6.07) is 14.6. The Balaban J connectivity index is 1.64. The van der Waals surface area contributed by atoms with E-state index in [0.717, 1.165) is 5.56 Å². The molecule has 0 fully saturated rings. The topological polar surface area (TPSA) is 76.7 Å². The predicted molar refractivity (Wildman–Crippen MR) is 142 cm³/mol. The van der Waals surface area contributed by atoms with Crippen LogP contribution in [0.25, 0.3) is 0 Å². The zero-order valence-electron chi connectivity index (χ0n) is 19.0. The summed E-state index contributed by atoms with van der Waals surface area (Å²) in [6.45, 7) is 5.03. The van der Waals surface area contributed by atoms with Crippen LogP contribution in [-0.2, 0) is 9.59 Å². The number of hydrogen-bond acceptors (Lipinski definition) is 4. The summed E-state index contributed by atoms with van der Waals surface area (Å²) in [5, 5.41) is 7.11. The molecule has 2 atom stereocenters. The summed E-state index contributed by atoms with van der Waals surface area (Å²) in [5.74, 6) is -0.112. The molecule has 184 valence electrons. The van der Waals surface area contributed by atoms with Gasteiger partial charge < -0.3 is 20.1 Å². The number of hydrogen-bond donors (Lipinski definition) is 2. The number of nitrogens with one attached hydrogen (secondary N) is 2. The molecule has 0 saturated heterocycles. The summed E-state index contributed by atoms with van der Waals surface area (Å²) in [6.07, 6.45) is -1.69. The molecule has 0 radical (unpaired) electrons. The number of carbonyl (C=O) groups is 2. The number of anilines is 2. The summed E-state index contributed by atoms with van der Waals surface area (Å²) < 4.78 is 11.3. The Morgan fingerprint density at radius 2 is 1.20 bits per heavy atom. The highest BCUT2D eigenvalue weighted by Gasteiger charge is 2.19. The highest BCUT2D eigenvalue weighted by molar-refractivity contribution is 6.36. The first-order valence-corrected chi connectivity index (χ1v) is 12.0. The average Bonchev–Trinajstić information content (AvgIpc) is 2.79. The smallest absolute Gasteiger partial charge is 0.265 e. The van der Waals surface area contributed by atoms with Crippen LogP contribution in [0, 0.1) is 6.92 Å². The number of amides is 2. The first kappa shape index (κ1) is 27.0. The molecule has 10 heteroatoms. The Hall–Kier alpha value is -2.64. The normalized spacial score (nSPS) is 12.4. The second kappa shape index (κ2) is 11.9. The van der Waals surface area contributed by atoms with Gasteiger partial charge in [-0.25, -0.2) is 0 Å². The summed E-state index contributed by atoms with van der Waals surface area (Å²) in [5.41, 5.74) is 1.79. The molecule has 0 spiro atoms. The maximum atomic E-state index is 12.7. The number of halogens is 4. The highest BCUT2D eigenvalue weighted by Crippen LogP contribution is 2.30. The van der Waals surface area contributed by atoms with Crippen molar-refractivity contribution in [3.63, 3.8) is 0 Å². The fourth-order valence-electron chi connectivity index (χ4n) is 2.94. The van der Waals surface area contributed by atoms with Gasteiger partial charge in [0.2, 0.25) is 0 Å². The molecule has 3 rings (SSSR count). The van der Waals surface area contributed by atoms with E-state index in [4.69, 9.17) is 55.9 Å². The maximum absolute atomic E-state index is 12.7. The molecule has 2 N–H and O–H groups in total. The highest BCUT2D eigenvalue weighted by atomic mass is 35.5. The van der Waals surface area contributed by atoms with Crippen LogP contribution in [0.3, 0.4) is 0 Å². The van der Waals surface area contributed by atoms with Crippen molar-refractivity contribution in [2.75, 3.05) is 10.6 Å². The van der Waals surface area contributed by atoms with Gasteiger partial charge in [0.1, 0.15) is 11.5 Å². The number of rotatable bonds is 8. The van der Waals surface area contributed by atoms with E-state index in [-0.39, 0.29) is 0 Å². The second-order valence-corrected chi connectivity index (χ2v) is 9.37. The van der Waals surface area contributed by atoms with Crippen molar-refractivity contribution in [2.24, 2.45) is 0 Å². The van der Waals surface area contributed by atoms with Crippen molar-refractivity contribution in [1.29, 1.82) is 0 Å². The van der Waals surface area contributed by atoms with Crippen molar-refractivity contribution >= 4 is 69.6 Å². The largest absolute Gasteiger partial charge is 0.479 e. The first-order valence-electron chi connectivity index (χ1n) is 10.5. The number of aryl methyl sites for hydroxylation is 1. The summed E-state index contributed by atoms with van der Waals surface area (Å²) in [7, 11) is 0. The monoisotopic (exact) mass is 554 g/mol. The Morgan fingerprint density at radius 3 is 1.69 bits per heavy atom. The lowest BCUT2D eigenvalue weighted by Crippen LogP contribution is -2.31. The third-order valence-corrected chi connectivity index (χ3v) is 5.96. The SMILES string of the molecule is Cc1ccc(NC(=O)C(C)Oc2ccc(Cl)cc2Cl)cc1NC(=O)C(C)Oc1ccc(Cl)cc1Cl. The molecular formula is C25H22Cl4N2O4. The Labute approximate surface area is 223 Å². The number of ether oxygens (including phenoxy) is 2. The molecule has 0 aliphatic heterocycles. The molecule has 35 heavy (non-hydrogen) atoms. The van der Waals surface area contributed by atoms with E-state index in [0.29, 0.717) is 43.0 Å². The lowest BCUT2D eigenvalue weighted by atomic mass is 10.1. The van der Waals surface area contributed by atoms with E-state index in [1.807, 2.05) is 6.92 Å². The average molecular weight is 556 g/mol. The van der Waals surface area contributed by atoms with Gasteiger partial charge in [-0.15, -0.1) is 0 Å². The molecule has 0 saturated carbocycles. The van der Waals surface area contributed by atoms with Crippen LogP contribution in [0.5, 0.6) is 11.5 Å². The molecule has 0 aromatic heterocycles. The van der Waals surface area contributed by atoms with Gasteiger partial charge in [-0.3, -0.25) is 9.59 Å². The van der Waals surface area contributed by atoms with Gasteiger partial charge in [0.15, 0.2) is 12.2 Å². The fourth-order valence-corrected chi connectivity index (χ4v) is 3.85. The predicted octanol–water partition coefficient (Wildman–Crippen LogP) is 7.42. The Kier molecular flexibility index (Phi) is 9.14. The van der Waals surface area contributed by atoms with Gasteiger partial charge in [-0.1, -0.05) is 52.5 Å². The minimum absolute atomic E-state index is 0.300. The molecule has 2 unspecified atom stereocenters. The molecule has 3 aromatic rings. The first-order chi connectivity index (χ1) is 16.5. The van der Waals surface area contributed by atoms with Gasteiger partial charge in [-0.05, 0) is 74.9 Å². The molecule has 3 aromatic carbocycles. The summed E-state index contributed by atoms with van der Waals surface area (Å²) in [4.78, 5) is 25.4. The minimum atomic E-state index is -0.844. The standard InChI is InChI=1S/C25H22Cl4N2O4/c1-13-4-7-18(30-24(32)14(2)34-22-8-5-16(26)10-19(22)28)12-21(13)31-25(33)15(3)35-23-9-6-17(27)11-20(23)29/h4-12,14-15H,1-3H3,(H,30,32)(H,31,33). The van der Waals surface area contributed by atoms with Crippen LogP contribution in [0.1, 0.15) is 19.4 Å². The van der Waals surface area contributed by atoms with Gasteiger partial charge >= 0.3 is 0 Å². The lowest BCUT2D eigenvalue weighted by molar-refractivity contribution is -0.122. The molecule has 2 amide bonds. The van der Waals surface area contributed by atoms with E-state index in [1.165, 1.54) is 12.1 Å². The van der Waals surface area contributed by atoms with Crippen molar-refractivity contribution in [1.82, 2.24) is 0 Å². The molecule has 0 heterocycles. The zero-order valence-corrected chi connectivity index (χ0v) is 22.0. The van der Waals surface area contributed by atoms with E-state index in [1.54, 1.807) is 56.3 Å². The van der Waals surface area contributed by atoms with Crippen LogP contribution < -0.4 is 20.1 Å². The van der Waals surface area contributed by atoms with Crippen LogP contribution in [0.4, 0.5) is 11.4 Å². The molecule has 0 aliphatic carbocycles. The van der Waals surface area contributed by atoms with Gasteiger partial charge in [0.25, 0.3) is 11.8 Å². The van der Waals surface area contributed by atoms with Crippen molar-refractivity contribution in [2.45, 2.75) is 33.0 Å². The maximum Gasteiger partial charge on any atom is 0.265 e. The van der Waals surface area contributed by atoms with E-state index >= 15 is 0 Å². The van der Waals surface area contributed by atoms with E-state index in [9.17, 15) is 9.59 Å². The zero-order chi connectivity index (χ0) is 25.7. The summed E-state index contributed by atoms with van der Waals surface area (Å²) >= 11 is 24.0. The number of carbonyl (C=O) groups excluding carboxylic acids is 2. The fraction of sp³-hybridized carbons (Fsp3) is 0.200. The van der Waals surface area contributed by atoms with Crippen molar-refractivity contribution in [3.05, 3.63) is 80.3 Å². The van der Waals surface area contributed by atoms with Crippen LogP contribution in [0.15, 0.2) is 54.6 Å². The van der Waals surface area contributed by atoms with Crippen LogP contribution in [-0.4, -0.2) is 24.0 Å². The quantitative estimate of drug-likeness (QED) is 0.303. The Morgan fingerprint density at radius 1 is 0.714 bits per heavy atom. The second-order valence-electron chi connectivity index (χ2n) is 7.68.